The largest absolute Gasteiger partial charge is 0.478 e. The van der Waals surface area contributed by atoms with Gasteiger partial charge in [0.15, 0.2) is 0 Å². The molecule has 150 valence electrons. The minimum absolute atomic E-state index is 0.0441. The summed E-state index contributed by atoms with van der Waals surface area (Å²) in [6, 6.07) is 7.69. The monoisotopic (exact) mass is 397 g/mol. The van der Waals surface area contributed by atoms with Crippen molar-refractivity contribution in [3.8, 4) is 11.4 Å². The molecule has 0 saturated heterocycles. The Bertz CT molecular complexity index is 1150. The molecule has 0 bridgehead atoms. The summed E-state index contributed by atoms with van der Waals surface area (Å²) in [5, 5.41) is 9.33. The third-order valence-electron chi connectivity index (χ3n) is 4.68. The highest BCUT2D eigenvalue weighted by Gasteiger charge is 2.30. The Morgan fingerprint density at radius 1 is 1.28 bits per heavy atom. The van der Waals surface area contributed by atoms with Gasteiger partial charge in [0.25, 0.3) is 0 Å². The van der Waals surface area contributed by atoms with E-state index in [0.29, 0.717) is 24.2 Å². The van der Waals surface area contributed by atoms with Crippen LogP contribution in [0.2, 0.25) is 0 Å². The zero-order valence-corrected chi connectivity index (χ0v) is 16.2. The van der Waals surface area contributed by atoms with Crippen LogP contribution in [0.4, 0.5) is 14.9 Å². The summed E-state index contributed by atoms with van der Waals surface area (Å²) in [5.41, 5.74) is 1.67. The van der Waals surface area contributed by atoms with E-state index in [0.717, 1.165) is 5.56 Å². The van der Waals surface area contributed by atoms with Gasteiger partial charge in [-0.2, -0.15) is 0 Å². The lowest BCUT2D eigenvalue weighted by Gasteiger charge is -2.24. The number of hydrogen-bond acceptors (Lipinski definition) is 4. The molecule has 0 saturated carbocycles. The number of benzene rings is 2. The first-order chi connectivity index (χ1) is 13.6. The summed E-state index contributed by atoms with van der Waals surface area (Å²) in [7, 11) is 0. The van der Waals surface area contributed by atoms with Crippen LogP contribution in [-0.2, 0) is 11.2 Å². The third kappa shape index (κ3) is 3.41. The Morgan fingerprint density at radius 2 is 2.03 bits per heavy atom. The number of halogens is 1. The molecular formula is C21H20FN3O4. The van der Waals surface area contributed by atoms with E-state index < -0.39 is 23.5 Å². The van der Waals surface area contributed by atoms with Crippen LogP contribution in [0.5, 0.6) is 0 Å². The van der Waals surface area contributed by atoms with Gasteiger partial charge in [-0.1, -0.05) is 6.07 Å². The first-order valence-corrected chi connectivity index (χ1v) is 9.19. The summed E-state index contributed by atoms with van der Waals surface area (Å²) in [4.78, 5) is 32.5. The van der Waals surface area contributed by atoms with E-state index in [1.54, 1.807) is 39.0 Å². The van der Waals surface area contributed by atoms with E-state index in [1.165, 1.54) is 17.0 Å². The number of para-hydroxylation sites is 1. The van der Waals surface area contributed by atoms with E-state index in [-0.39, 0.29) is 22.5 Å². The highest BCUT2D eigenvalue weighted by atomic mass is 19.1. The van der Waals surface area contributed by atoms with Gasteiger partial charge in [-0.05, 0) is 57.0 Å². The fraction of sp³-hybridized carbons (Fsp3) is 0.286. The maximum absolute atomic E-state index is 14.9. The number of hydrogen-bond donors (Lipinski definition) is 2. The lowest BCUT2D eigenvalue weighted by molar-refractivity contribution is 0.0583. The van der Waals surface area contributed by atoms with Crippen molar-refractivity contribution in [1.82, 2.24) is 9.97 Å². The molecule has 1 aromatic heterocycles. The van der Waals surface area contributed by atoms with Crippen LogP contribution in [-0.4, -0.2) is 39.3 Å². The number of anilines is 1. The number of carboxylic acid groups (broad SMARTS) is 1. The van der Waals surface area contributed by atoms with E-state index in [2.05, 4.69) is 9.97 Å². The maximum atomic E-state index is 14.9. The van der Waals surface area contributed by atoms with Crippen molar-refractivity contribution < 1.29 is 23.8 Å². The second kappa shape index (κ2) is 6.58. The number of rotatable bonds is 2. The van der Waals surface area contributed by atoms with E-state index in [4.69, 9.17) is 4.74 Å². The SMILES string of the molecule is CC(C)(C)OC(=O)N1CCc2cc(-c3nc4c(C(=O)O)cccc4[nH]3)c(F)cc21. The Hall–Kier alpha value is -3.42. The minimum Gasteiger partial charge on any atom is -0.478 e. The van der Waals surface area contributed by atoms with Gasteiger partial charge in [-0.25, -0.2) is 19.0 Å². The second-order valence-electron chi connectivity index (χ2n) is 7.94. The lowest BCUT2D eigenvalue weighted by atomic mass is 10.1. The average Bonchev–Trinajstić information content (AvgIpc) is 3.22. The molecule has 0 atom stereocenters. The van der Waals surface area contributed by atoms with Crippen LogP contribution >= 0.6 is 0 Å². The predicted molar refractivity (Wildman–Crippen MR) is 106 cm³/mol. The summed E-state index contributed by atoms with van der Waals surface area (Å²) in [5.74, 6) is -1.42. The maximum Gasteiger partial charge on any atom is 0.414 e. The number of H-pyrrole nitrogens is 1. The molecule has 0 unspecified atom stereocenters. The second-order valence-corrected chi connectivity index (χ2v) is 7.94. The molecular weight excluding hydrogens is 377 g/mol. The number of carbonyl (C=O) groups excluding carboxylic acids is 1. The number of carbonyl (C=O) groups is 2. The fourth-order valence-electron chi connectivity index (χ4n) is 3.43. The van der Waals surface area contributed by atoms with Gasteiger partial charge in [0.05, 0.1) is 22.3 Å². The van der Waals surface area contributed by atoms with Gasteiger partial charge in [-0.3, -0.25) is 4.90 Å². The van der Waals surface area contributed by atoms with Crippen LogP contribution in [0, 0.1) is 5.82 Å². The number of aromatic carboxylic acids is 1. The summed E-state index contributed by atoms with van der Waals surface area (Å²) in [6.45, 7) is 5.73. The molecule has 2 aromatic carbocycles. The molecule has 7 nitrogen and oxygen atoms in total. The number of amides is 1. The topological polar surface area (TPSA) is 95.5 Å². The number of carboxylic acids is 1. The Labute approximate surface area is 166 Å². The Kier molecular flexibility index (Phi) is 4.29. The van der Waals surface area contributed by atoms with Crippen molar-refractivity contribution >= 4 is 28.8 Å². The first-order valence-electron chi connectivity index (χ1n) is 9.19. The van der Waals surface area contributed by atoms with Crippen molar-refractivity contribution in [1.29, 1.82) is 0 Å². The zero-order valence-electron chi connectivity index (χ0n) is 16.2. The highest BCUT2D eigenvalue weighted by Crippen LogP contribution is 2.35. The normalized spacial score (nSPS) is 13.6. The Morgan fingerprint density at radius 3 is 2.72 bits per heavy atom. The highest BCUT2D eigenvalue weighted by molar-refractivity contribution is 6.01. The number of aromatic nitrogens is 2. The Balaban J connectivity index is 1.73. The van der Waals surface area contributed by atoms with E-state index >= 15 is 0 Å². The van der Waals surface area contributed by atoms with Crippen LogP contribution in [0.3, 0.4) is 0 Å². The molecule has 1 aliphatic heterocycles. The molecule has 4 rings (SSSR count). The number of aromatic amines is 1. The van der Waals surface area contributed by atoms with Crippen molar-refractivity contribution in [2.75, 3.05) is 11.4 Å². The van der Waals surface area contributed by atoms with Crippen molar-refractivity contribution in [3.05, 3.63) is 47.3 Å². The van der Waals surface area contributed by atoms with Crippen LogP contribution in [0.15, 0.2) is 30.3 Å². The molecule has 0 radical (unpaired) electrons. The molecule has 3 aromatic rings. The number of nitrogens with zero attached hydrogens (tertiary/aromatic N) is 2. The van der Waals surface area contributed by atoms with Gasteiger partial charge < -0.3 is 14.8 Å². The minimum atomic E-state index is -1.10. The smallest absolute Gasteiger partial charge is 0.414 e. The molecule has 1 amide bonds. The van der Waals surface area contributed by atoms with Gasteiger partial charge in [0.2, 0.25) is 0 Å². The number of imidazole rings is 1. The number of fused-ring (bicyclic) bond motifs is 2. The van der Waals surface area contributed by atoms with Gasteiger partial charge in [0, 0.05) is 6.54 Å². The molecule has 29 heavy (non-hydrogen) atoms. The lowest BCUT2D eigenvalue weighted by Crippen LogP contribution is -2.35. The number of nitrogens with one attached hydrogen (secondary N) is 1. The molecule has 0 fully saturated rings. The van der Waals surface area contributed by atoms with Crippen LogP contribution in [0.1, 0.15) is 36.7 Å². The van der Waals surface area contributed by atoms with Crippen molar-refractivity contribution in [3.63, 3.8) is 0 Å². The van der Waals surface area contributed by atoms with Crippen LogP contribution < -0.4 is 4.90 Å². The quantitative estimate of drug-likeness (QED) is 0.670. The fourth-order valence-corrected chi connectivity index (χ4v) is 3.43. The number of ether oxygens (including phenoxy) is 1. The van der Waals surface area contributed by atoms with Gasteiger partial charge in [0.1, 0.15) is 22.8 Å². The average molecular weight is 397 g/mol. The summed E-state index contributed by atoms with van der Waals surface area (Å²) >= 11 is 0. The zero-order chi connectivity index (χ0) is 20.9. The van der Waals surface area contributed by atoms with Crippen molar-refractivity contribution in [2.45, 2.75) is 32.8 Å². The van der Waals surface area contributed by atoms with Crippen molar-refractivity contribution in [2.24, 2.45) is 0 Å². The summed E-state index contributed by atoms with van der Waals surface area (Å²) in [6.07, 6.45) is 0.0425. The molecule has 1 aliphatic rings. The first kappa shape index (κ1) is 18.9. The molecule has 0 aliphatic carbocycles. The van der Waals surface area contributed by atoms with Crippen LogP contribution in [0.25, 0.3) is 22.4 Å². The van der Waals surface area contributed by atoms with Gasteiger partial charge >= 0.3 is 12.1 Å². The van der Waals surface area contributed by atoms with E-state index in [1.807, 2.05) is 0 Å². The third-order valence-corrected chi connectivity index (χ3v) is 4.68. The molecule has 2 heterocycles. The predicted octanol–water partition coefficient (Wildman–Crippen LogP) is 4.36. The summed E-state index contributed by atoms with van der Waals surface area (Å²) < 4.78 is 20.3. The van der Waals surface area contributed by atoms with E-state index in [9.17, 15) is 19.1 Å². The molecule has 0 spiro atoms. The molecule has 2 N–H and O–H groups in total. The van der Waals surface area contributed by atoms with Gasteiger partial charge in [-0.15, -0.1) is 0 Å². The molecule has 8 heteroatoms. The standard InChI is InChI=1S/C21H20FN3O4/c1-21(2,3)29-20(28)25-8-7-11-9-13(14(22)10-16(11)25)18-23-15-6-4-5-12(19(26)27)17(15)24-18/h4-6,9-10H,7-8H2,1-3H3,(H,23,24)(H,26,27).